The van der Waals surface area contributed by atoms with Gasteiger partial charge in [-0.05, 0) is 29.8 Å². The number of carbonyl (C=O) groups is 2. The van der Waals surface area contributed by atoms with Gasteiger partial charge in [0.15, 0.2) is 11.5 Å². The zero-order valence-corrected chi connectivity index (χ0v) is 13.7. The number of halogens is 1. The molecule has 3 amide bonds. The van der Waals surface area contributed by atoms with Crippen molar-refractivity contribution in [2.24, 2.45) is 0 Å². The van der Waals surface area contributed by atoms with Crippen LogP contribution in [0.15, 0.2) is 48.2 Å². The van der Waals surface area contributed by atoms with Crippen LogP contribution in [0, 0.1) is 5.82 Å². The molecule has 0 bridgehead atoms. The molecule has 0 saturated carbocycles. The van der Waals surface area contributed by atoms with E-state index in [-0.39, 0.29) is 17.8 Å². The van der Waals surface area contributed by atoms with Gasteiger partial charge >= 0.3 is 6.03 Å². The number of fused-ring (bicyclic) bond motifs is 1. The number of urea groups is 1. The van der Waals surface area contributed by atoms with Gasteiger partial charge in [-0.2, -0.15) is 0 Å². The SMILES string of the molecule is O=C1NC(=Cc2ccc3c(c2)OCCO3)C(=O)N1Cc1ccccc1F. The van der Waals surface area contributed by atoms with Gasteiger partial charge in [-0.15, -0.1) is 0 Å². The van der Waals surface area contributed by atoms with Gasteiger partial charge in [0.05, 0.1) is 6.54 Å². The molecule has 0 spiro atoms. The van der Waals surface area contributed by atoms with Gasteiger partial charge in [0.2, 0.25) is 0 Å². The maximum atomic E-state index is 13.8. The van der Waals surface area contributed by atoms with E-state index in [9.17, 15) is 14.0 Å². The van der Waals surface area contributed by atoms with Gasteiger partial charge in [-0.3, -0.25) is 9.69 Å². The first-order chi connectivity index (χ1) is 12.6. The molecular formula is C19H15FN2O4. The van der Waals surface area contributed by atoms with Crippen molar-refractivity contribution in [2.45, 2.75) is 6.54 Å². The predicted octanol–water partition coefficient (Wildman–Crippen LogP) is 2.69. The summed E-state index contributed by atoms with van der Waals surface area (Å²) in [5.41, 5.74) is 1.09. The summed E-state index contributed by atoms with van der Waals surface area (Å²) in [7, 11) is 0. The molecule has 0 atom stereocenters. The maximum Gasteiger partial charge on any atom is 0.329 e. The molecule has 0 unspecified atom stereocenters. The van der Waals surface area contributed by atoms with Crippen molar-refractivity contribution < 1.29 is 23.5 Å². The molecule has 1 saturated heterocycles. The normalized spacial score (nSPS) is 17.6. The highest BCUT2D eigenvalue weighted by Crippen LogP contribution is 2.31. The number of benzene rings is 2. The molecule has 2 aromatic rings. The van der Waals surface area contributed by atoms with E-state index in [0.717, 1.165) is 4.90 Å². The number of nitrogens with zero attached hydrogens (tertiary/aromatic N) is 1. The van der Waals surface area contributed by atoms with Crippen LogP contribution in [0.25, 0.3) is 6.08 Å². The maximum absolute atomic E-state index is 13.8. The molecule has 1 fully saturated rings. The second kappa shape index (κ2) is 6.51. The summed E-state index contributed by atoms with van der Waals surface area (Å²) in [6, 6.07) is 10.7. The number of hydrogen-bond donors (Lipinski definition) is 1. The fourth-order valence-corrected chi connectivity index (χ4v) is 2.83. The van der Waals surface area contributed by atoms with Gasteiger partial charge in [-0.25, -0.2) is 9.18 Å². The quantitative estimate of drug-likeness (QED) is 0.680. The van der Waals surface area contributed by atoms with Crippen LogP contribution in [0.4, 0.5) is 9.18 Å². The monoisotopic (exact) mass is 354 g/mol. The molecule has 6 nitrogen and oxygen atoms in total. The van der Waals surface area contributed by atoms with Gasteiger partial charge in [0, 0.05) is 5.56 Å². The van der Waals surface area contributed by atoms with Crippen molar-refractivity contribution in [2.75, 3.05) is 13.2 Å². The smallest absolute Gasteiger partial charge is 0.329 e. The van der Waals surface area contributed by atoms with Crippen molar-refractivity contribution in [3.8, 4) is 11.5 Å². The van der Waals surface area contributed by atoms with Crippen LogP contribution in [0.5, 0.6) is 11.5 Å². The van der Waals surface area contributed by atoms with Crippen LogP contribution >= 0.6 is 0 Å². The molecule has 26 heavy (non-hydrogen) atoms. The minimum Gasteiger partial charge on any atom is -0.486 e. The molecule has 132 valence electrons. The summed E-state index contributed by atoms with van der Waals surface area (Å²) in [5, 5.41) is 2.53. The van der Waals surface area contributed by atoms with E-state index in [0.29, 0.717) is 30.3 Å². The third-order valence-electron chi connectivity index (χ3n) is 4.13. The Labute approximate surface area is 148 Å². The Morgan fingerprint density at radius 2 is 1.85 bits per heavy atom. The van der Waals surface area contributed by atoms with Crippen molar-refractivity contribution in [1.29, 1.82) is 0 Å². The molecular weight excluding hydrogens is 339 g/mol. The summed E-state index contributed by atoms with van der Waals surface area (Å²) in [6.07, 6.45) is 1.56. The lowest BCUT2D eigenvalue weighted by Gasteiger charge is -2.18. The van der Waals surface area contributed by atoms with Crippen LogP contribution in [0.2, 0.25) is 0 Å². The Hall–Kier alpha value is -3.35. The van der Waals surface area contributed by atoms with Gasteiger partial charge in [0.1, 0.15) is 24.7 Å². The van der Waals surface area contributed by atoms with Gasteiger partial charge in [-0.1, -0.05) is 24.3 Å². The first-order valence-electron chi connectivity index (χ1n) is 8.09. The molecule has 1 N–H and O–H groups in total. The lowest BCUT2D eigenvalue weighted by molar-refractivity contribution is -0.123. The van der Waals surface area contributed by atoms with Crippen LogP contribution in [0.3, 0.4) is 0 Å². The average molecular weight is 354 g/mol. The van der Waals surface area contributed by atoms with Crippen molar-refractivity contribution in [1.82, 2.24) is 10.2 Å². The lowest BCUT2D eigenvalue weighted by Crippen LogP contribution is -2.30. The van der Waals surface area contributed by atoms with Crippen LogP contribution in [-0.2, 0) is 11.3 Å². The highest BCUT2D eigenvalue weighted by atomic mass is 19.1. The second-order valence-corrected chi connectivity index (χ2v) is 5.87. The third-order valence-corrected chi connectivity index (χ3v) is 4.13. The lowest BCUT2D eigenvalue weighted by atomic mass is 10.1. The number of rotatable bonds is 3. The summed E-state index contributed by atoms with van der Waals surface area (Å²) >= 11 is 0. The van der Waals surface area contributed by atoms with Crippen molar-refractivity contribution >= 4 is 18.0 Å². The first-order valence-corrected chi connectivity index (χ1v) is 8.09. The fourth-order valence-electron chi connectivity index (χ4n) is 2.83. The molecule has 2 aromatic carbocycles. The van der Waals surface area contributed by atoms with E-state index in [2.05, 4.69) is 5.32 Å². The van der Waals surface area contributed by atoms with Gasteiger partial charge in [0.25, 0.3) is 5.91 Å². The fraction of sp³-hybridized carbons (Fsp3) is 0.158. The van der Waals surface area contributed by atoms with E-state index in [4.69, 9.17) is 9.47 Å². The van der Waals surface area contributed by atoms with E-state index < -0.39 is 17.8 Å². The summed E-state index contributed by atoms with van der Waals surface area (Å²) in [5.74, 6) is 0.262. The minimum atomic E-state index is -0.581. The highest BCUT2D eigenvalue weighted by molar-refractivity contribution is 6.13. The molecule has 2 aliphatic rings. The molecule has 0 radical (unpaired) electrons. The summed E-state index contributed by atoms with van der Waals surface area (Å²) in [6.45, 7) is 0.821. The molecule has 2 aliphatic heterocycles. The predicted molar refractivity (Wildman–Crippen MR) is 90.9 cm³/mol. The van der Waals surface area contributed by atoms with E-state index >= 15 is 0 Å². The van der Waals surface area contributed by atoms with Crippen LogP contribution in [-0.4, -0.2) is 30.1 Å². The topological polar surface area (TPSA) is 67.9 Å². The number of amides is 3. The van der Waals surface area contributed by atoms with Crippen molar-refractivity contribution in [3.05, 3.63) is 65.1 Å². The first kappa shape index (κ1) is 16.1. The summed E-state index contributed by atoms with van der Waals surface area (Å²) < 4.78 is 24.8. The Kier molecular flexibility index (Phi) is 4.04. The Bertz CT molecular complexity index is 926. The van der Waals surface area contributed by atoms with Crippen molar-refractivity contribution in [3.63, 3.8) is 0 Å². The highest BCUT2D eigenvalue weighted by Gasteiger charge is 2.34. The van der Waals surface area contributed by atoms with E-state index in [1.165, 1.54) is 6.07 Å². The molecule has 0 aliphatic carbocycles. The Morgan fingerprint density at radius 3 is 2.65 bits per heavy atom. The number of hydrogen-bond acceptors (Lipinski definition) is 4. The van der Waals surface area contributed by atoms with E-state index in [1.807, 2.05) is 0 Å². The zero-order chi connectivity index (χ0) is 18.1. The van der Waals surface area contributed by atoms with Crippen LogP contribution < -0.4 is 14.8 Å². The number of ether oxygens (including phenoxy) is 2. The van der Waals surface area contributed by atoms with E-state index in [1.54, 1.807) is 42.5 Å². The van der Waals surface area contributed by atoms with Crippen LogP contribution in [0.1, 0.15) is 11.1 Å². The molecule has 7 heteroatoms. The number of imide groups is 1. The second-order valence-electron chi connectivity index (χ2n) is 5.87. The largest absolute Gasteiger partial charge is 0.486 e. The Morgan fingerprint density at radius 1 is 1.08 bits per heavy atom. The minimum absolute atomic E-state index is 0.128. The number of carbonyl (C=O) groups excluding carboxylic acids is 2. The Balaban J connectivity index is 1.57. The standard InChI is InChI=1S/C19H15FN2O4/c20-14-4-2-1-3-13(14)11-22-18(23)15(21-19(22)24)9-12-5-6-16-17(10-12)26-8-7-25-16/h1-6,9-10H,7-8,11H2,(H,21,24). The number of nitrogens with one attached hydrogen (secondary N) is 1. The average Bonchev–Trinajstić information content (AvgIpc) is 2.91. The third kappa shape index (κ3) is 2.99. The molecule has 0 aromatic heterocycles. The summed E-state index contributed by atoms with van der Waals surface area (Å²) in [4.78, 5) is 25.6. The molecule has 2 heterocycles. The molecule has 4 rings (SSSR count). The zero-order valence-electron chi connectivity index (χ0n) is 13.7. The van der Waals surface area contributed by atoms with Gasteiger partial charge < -0.3 is 14.8 Å².